The molecule has 0 aromatic carbocycles. The topological polar surface area (TPSA) is 241 Å². The van der Waals surface area contributed by atoms with Crippen LogP contribution in [0.1, 0.15) is 6.42 Å². The van der Waals surface area contributed by atoms with E-state index in [1.807, 2.05) is 0 Å². The Kier molecular flexibility index (Phi) is 27.0. The molecule has 29 heavy (non-hydrogen) atoms. The fraction of sp³-hybridized carbons (Fsp3) is 0.455. The molecule has 0 amide bonds. The van der Waals surface area contributed by atoms with Gasteiger partial charge in [-0.2, -0.15) is 0 Å². The molecule has 1 fully saturated rings. The van der Waals surface area contributed by atoms with Gasteiger partial charge in [0.05, 0.1) is 34.7 Å². The first-order chi connectivity index (χ1) is 10.4. The molecule has 0 spiro atoms. The third-order valence-electron chi connectivity index (χ3n) is 4.00. The second-order valence-electron chi connectivity index (χ2n) is 4.74. The van der Waals surface area contributed by atoms with Crippen molar-refractivity contribution in [3.8, 4) is 0 Å². The summed E-state index contributed by atoms with van der Waals surface area (Å²) in [6.07, 6.45) is -1.57. The van der Waals surface area contributed by atoms with Crippen LogP contribution >= 0.6 is 0 Å². The van der Waals surface area contributed by atoms with E-state index in [2.05, 4.69) is 0 Å². The Morgan fingerprint density at radius 2 is 0.655 bits per heavy atom. The van der Waals surface area contributed by atoms with Gasteiger partial charge in [0.1, 0.15) is 0 Å². The Hall–Kier alpha value is 2.82. The van der Waals surface area contributed by atoms with Crippen LogP contribution in [-0.4, -0.2) is 35.8 Å². The van der Waals surface area contributed by atoms with E-state index < -0.39 is 64.9 Å². The van der Waals surface area contributed by atoms with Gasteiger partial charge in [0.25, 0.3) is 0 Å². The van der Waals surface area contributed by atoms with Gasteiger partial charge in [0.15, 0.2) is 0 Å². The maximum Gasteiger partial charge on any atom is 1.00 e. The van der Waals surface area contributed by atoms with Gasteiger partial charge in [-0.05, 0) is 6.42 Å². The summed E-state index contributed by atoms with van der Waals surface area (Å²) in [4.78, 5) is 67.0. The maximum atomic E-state index is 11.3. The van der Waals surface area contributed by atoms with Crippen LogP contribution in [0.25, 0.3) is 0 Å². The van der Waals surface area contributed by atoms with Crippen LogP contribution in [0.15, 0.2) is 0 Å². The smallest absolute Gasteiger partial charge is 0.550 e. The van der Waals surface area contributed by atoms with Crippen LogP contribution in [0.2, 0.25) is 0 Å². The molecule has 0 N–H and O–H groups in total. The molecule has 2 atom stereocenters. The average Bonchev–Trinajstić information content (AvgIpc) is 2.71. The van der Waals surface area contributed by atoms with Crippen molar-refractivity contribution in [3.05, 3.63) is 0 Å². The standard InChI is InChI=1S/C11H10O12.6Na/c12-4(13)2-1-3(5(14)15)11(8(20)21,9(22)23)10(2,6(16)17)7(18)19;;;;;;/h2-3H,1H2,(H,12,13)(H,14,15)(H,16,17)(H,18,19)(H,20,21)(H,22,23);;;;;;/q;6*+1/p-6. The Bertz CT molecular complexity index is 570. The summed E-state index contributed by atoms with van der Waals surface area (Å²) in [5, 5.41) is 67.0. The van der Waals surface area contributed by atoms with E-state index in [9.17, 15) is 59.4 Å². The van der Waals surface area contributed by atoms with Gasteiger partial charge in [0, 0.05) is 23.8 Å². The summed E-state index contributed by atoms with van der Waals surface area (Å²) in [6.45, 7) is 0. The predicted molar refractivity (Wildman–Crippen MR) is 46.5 cm³/mol. The van der Waals surface area contributed by atoms with Gasteiger partial charge in [-0.3, -0.25) is 0 Å². The molecule has 1 aliphatic carbocycles. The number of carbonyl (C=O) groups is 6. The number of carboxylic acid groups (broad SMARTS) is 6. The quantitative estimate of drug-likeness (QED) is 0.262. The molecule has 0 aromatic rings. The number of hydrogen-bond donors (Lipinski definition) is 0. The van der Waals surface area contributed by atoms with Crippen molar-refractivity contribution in [1.29, 1.82) is 0 Å². The SMILES string of the molecule is O=C([O-])C1CC(C(=O)[O-])C(C(=O)[O-])(C(=O)[O-])C1(C(=O)[O-])C(=O)[O-].[Na+].[Na+].[Na+].[Na+].[Na+].[Na+]. The van der Waals surface area contributed by atoms with Gasteiger partial charge >= 0.3 is 177 Å². The number of hydrogen-bond acceptors (Lipinski definition) is 12. The average molecular weight is 466 g/mol. The molecule has 0 radical (unpaired) electrons. The third-order valence-corrected chi connectivity index (χ3v) is 4.00. The molecular formula is C11H4Na6O12. The van der Waals surface area contributed by atoms with E-state index in [4.69, 9.17) is 0 Å². The molecule has 0 aliphatic heterocycles. The summed E-state index contributed by atoms with van der Waals surface area (Å²) in [5.74, 6) is -23.1. The van der Waals surface area contributed by atoms with E-state index in [0.717, 1.165) is 0 Å². The first kappa shape index (κ1) is 45.3. The molecule has 18 heteroatoms. The Morgan fingerprint density at radius 1 is 0.483 bits per heavy atom. The van der Waals surface area contributed by atoms with Crippen molar-refractivity contribution in [2.45, 2.75) is 6.42 Å². The van der Waals surface area contributed by atoms with Crippen molar-refractivity contribution in [2.24, 2.45) is 22.7 Å². The Labute approximate surface area is 296 Å². The maximum absolute atomic E-state index is 11.3. The van der Waals surface area contributed by atoms with Crippen LogP contribution in [-0.2, 0) is 28.8 Å². The van der Waals surface area contributed by atoms with Crippen LogP contribution in [0.5, 0.6) is 0 Å². The van der Waals surface area contributed by atoms with Gasteiger partial charge in [-0.25, -0.2) is 0 Å². The molecular weight excluding hydrogens is 462 g/mol. The summed E-state index contributed by atoms with van der Waals surface area (Å²) in [6, 6.07) is 0. The van der Waals surface area contributed by atoms with Crippen molar-refractivity contribution in [1.82, 2.24) is 0 Å². The number of rotatable bonds is 6. The summed E-state index contributed by atoms with van der Waals surface area (Å²) < 4.78 is 0. The molecule has 0 saturated heterocycles. The second kappa shape index (κ2) is 17.3. The largest absolute Gasteiger partial charge is 1.00 e. The van der Waals surface area contributed by atoms with Gasteiger partial charge < -0.3 is 59.4 Å². The zero-order chi connectivity index (χ0) is 18.3. The molecule has 0 bridgehead atoms. The van der Waals surface area contributed by atoms with Crippen LogP contribution in [0.3, 0.4) is 0 Å². The molecule has 1 aliphatic rings. The summed E-state index contributed by atoms with van der Waals surface area (Å²) in [5.41, 5.74) is -8.71. The molecule has 12 nitrogen and oxygen atoms in total. The van der Waals surface area contributed by atoms with E-state index in [0.29, 0.717) is 0 Å². The first-order valence-corrected chi connectivity index (χ1v) is 5.67. The van der Waals surface area contributed by atoms with E-state index in [1.54, 1.807) is 0 Å². The van der Waals surface area contributed by atoms with Crippen molar-refractivity contribution in [3.63, 3.8) is 0 Å². The molecule has 0 aromatic heterocycles. The minimum atomic E-state index is -4.35. The van der Waals surface area contributed by atoms with E-state index >= 15 is 0 Å². The van der Waals surface area contributed by atoms with Gasteiger partial charge in [0.2, 0.25) is 0 Å². The fourth-order valence-corrected chi connectivity index (χ4v) is 3.06. The van der Waals surface area contributed by atoms with Gasteiger partial charge in [-0.1, -0.05) is 0 Å². The molecule has 1 saturated carbocycles. The van der Waals surface area contributed by atoms with Crippen molar-refractivity contribution >= 4 is 35.8 Å². The third kappa shape index (κ3) is 7.15. The fourth-order valence-electron chi connectivity index (χ4n) is 3.06. The van der Waals surface area contributed by atoms with Crippen molar-refractivity contribution < 1.29 is 237 Å². The van der Waals surface area contributed by atoms with Crippen LogP contribution < -0.4 is 208 Å². The van der Waals surface area contributed by atoms with Crippen molar-refractivity contribution in [2.75, 3.05) is 0 Å². The summed E-state index contributed by atoms with van der Waals surface area (Å²) in [7, 11) is 0. The normalized spacial score (nSPS) is 19.4. The zero-order valence-electron chi connectivity index (χ0n) is 16.8. The second-order valence-corrected chi connectivity index (χ2v) is 4.74. The number of carbonyl (C=O) groups excluding carboxylic acids is 6. The van der Waals surface area contributed by atoms with Crippen LogP contribution in [0, 0.1) is 22.7 Å². The minimum Gasteiger partial charge on any atom is -0.550 e. The Balaban J connectivity index is -0.000000220. The monoisotopic (exact) mass is 466 g/mol. The summed E-state index contributed by atoms with van der Waals surface area (Å²) >= 11 is 0. The number of carboxylic acids is 6. The molecule has 126 valence electrons. The molecule has 1 rings (SSSR count). The number of aliphatic carboxylic acids is 6. The predicted octanol–water partition coefficient (Wildman–Crippen LogP) is -27.9. The first-order valence-electron chi connectivity index (χ1n) is 5.67. The van der Waals surface area contributed by atoms with E-state index in [-0.39, 0.29) is 177 Å². The zero-order valence-corrected chi connectivity index (χ0v) is 28.8. The van der Waals surface area contributed by atoms with Gasteiger partial charge in [-0.15, -0.1) is 0 Å². The molecule has 0 heterocycles. The molecule has 2 unspecified atom stereocenters. The Morgan fingerprint density at radius 3 is 0.759 bits per heavy atom. The van der Waals surface area contributed by atoms with Crippen LogP contribution in [0.4, 0.5) is 0 Å². The minimum absolute atomic E-state index is 0. The van der Waals surface area contributed by atoms with E-state index in [1.165, 1.54) is 0 Å².